The molecule has 0 saturated carbocycles. The highest BCUT2D eigenvalue weighted by Gasteiger charge is 2.39. The second kappa shape index (κ2) is 10.6. The van der Waals surface area contributed by atoms with Crippen LogP contribution >= 0.6 is 11.6 Å². The van der Waals surface area contributed by atoms with Gasteiger partial charge in [0.2, 0.25) is 11.8 Å². The van der Waals surface area contributed by atoms with Crippen LogP contribution in [0.1, 0.15) is 29.3 Å². The van der Waals surface area contributed by atoms with Gasteiger partial charge in [0, 0.05) is 46.9 Å². The van der Waals surface area contributed by atoms with Gasteiger partial charge in [-0.1, -0.05) is 23.7 Å². The number of nitrogens with zero attached hydrogens (tertiary/aromatic N) is 2. The Morgan fingerprint density at radius 3 is 2.65 bits per heavy atom. The second-order valence-electron chi connectivity index (χ2n) is 8.71. The molecule has 0 bridgehead atoms. The molecular formula is C25H23ClF2N4O5. The van der Waals surface area contributed by atoms with E-state index in [2.05, 4.69) is 10.6 Å². The molecule has 0 spiro atoms. The molecular weight excluding hydrogens is 510 g/mol. The van der Waals surface area contributed by atoms with Crippen LogP contribution in [0.4, 0.5) is 19.3 Å². The van der Waals surface area contributed by atoms with Gasteiger partial charge in [0.25, 0.3) is 0 Å². The van der Waals surface area contributed by atoms with Crippen molar-refractivity contribution in [3.63, 3.8) is 0 Å². The van der Waals surface area contributed by atoms with Crippen molar-refractivity contribution in [3.05, 3.63) is 64.6 Å². The number of hydrogen-bond acceptors (Lipinski definition) is 4. The number of rotatable bonds is 7. The number of alkyl halides is 1. The fraction of sp³-hybridized carbons (Fsp3) is 0.280. The average Bonchev–Trinajstić information content (AvgIpc) is 3.40. The summed E-state index contributed by atoms with van der Waals surface area (Å²) in [6.07, 6.45) is -1.42. The van der Waals surface area contributed by atoms with Crippen molar-refractivity contribution >= 4 is 51.9 Å². The molecule has 2 atom stereocenters. The Labute approximate surface area is 215 Å². The summed E-state index contributed by atoms with van der Waals surface area (Å²) in [6, 6.07) is 7.81. The summed E-state index contributed by atoms with van der Waals surface area (Å²) in [7, 11) is 0. The van der Waals surface area contributed by atoms with Crippen LogP contribution in [-0.4, -0.2) is 57.0 Å². The standard InChI is InChI=1S/C25H23ClF2N4O5/c1-13(33)18-11-31(20-6-5-16(8-17(18)20)30-25(36)37)12-22(34)32-10-15(27)7-21(32)24(35)29-9-14-3-2-4-19(26)23(14)28/h2-6,8,11,15,21,30H,7,9-10,12H2,1H3,(H,29,35)(H,36,37). The summed E-state index contributed by atoms with van der Waals surface area (Å²) in [5, 5.41) is 14.1. The quantitative estimate of drug-likeness (QED) is 0.397. The van der Waals surface area contributed by atoms with Gasteiger partial charge in [0.15, 0.2) is 5.78 Å². The first-order chi connectivity index (χ1) is 17.5. The lowest BCUT2D eigenvalue weighted by Crippen LogP contribution is -2.46. The summed E-state index contributed by atoms with van der Waals surface area (Å²) in [5.74, 6) is -2.14. The van der Waals surface area contributed by atoms with Crippen molar-refractivity contribution in [1.82, 2.24) is 14.8 Å². The van der Waals surface area contributed by atoms with E-state index in [1.165, 1.54) is 48.0 Å². The average molecular weight is 533 g/mol. The normalized spacial score (nSPS) is 17.1. The molecule has 1 aliphatic rings. The van der Waals surface area contributed by atoms with E-state index in [1.807, 2.05) is 0 Å². The van der Waals surface area contributed by atoms with Crippen LogP contribution in [-0.2, 0) is 22.7 Å². The fourth-order valence-corrected chi connectivity index (χ4v) is 4.63. The summed E-state index contributed by atoms with van der Waals surface area (Å²) < 4.78 is 30.0. The number of hydrogen-bond donors (Lipinski definition) is 3. The molecule has 4 rings (SSSR count). The van der Waals surface area contributed by atoms with Crippen molar-refractivity contribution in [1.29, 1.82) is 0 Å². The van der Waals surface area contributed by atoms with Gasteiger partial charge in [-0.15, -0.1) is 0 Å². The number of aromatic nitrogens is 1. The SMILES string of the molecule is CC(=O)c1cn(CC(=O)N2CC(F)CC2C(=O)NCc2cccc(Cl)c2F)c2ccc(NC(=O)O)cc12. The van der Waals surface area contributed by atoms with Gasteiger partial charge >= 0.3 is 6.09 Å². The van der Waals surface area contributed by atoms with E-state index in [4.69, 9.17) is 16.7 Å². The maximum absolute atomic E-state index is 14.3. The third-order valence-electron chi connectivity index (χ3n) is 6.17. The molecule has 3 amide bonds. The van der Waals surface area contributed by atoms with Crippen LogP contribution in [0.5, 0.6) is 0 Å². The van der Waals surface area contributed by atoms with Gasteiger partial charge in [-0.25, -0.2) is 13.6 Å². The maximum atomic E-state index is 14.3. The third kappa shape index (κ3) is 5.56. The van der Waals surface area contributed by atoms with Crippen LogP contribution < -0.4 is 10.6 Å². The predicted octanol–water partition coefficient (Wildman–Crippen LogP) is 3.98. The number of amides is 3. The van der Waals surface area contributed by atoms with E-state index >= 15 is 0 Å². The van der Waals surface area contributed by atoms with Gasteiger partial charge in [0.1, 0.15) is 24.6 Å². The highest BCUT2D eigenvalue weighted by molar-refractivity contribution is 6.30. The van der Waals surface area contributed by atoms with Crippen molar-refractivity contribution in [2.24, 2.45) is 0 Å². The molecule has 1 saturated heterocycles. The number of likely N-dealkylation sites (tertiary alicyclic amines) is 1. The predicted molar refractivity (Wildman–Crippen MR) is 132 cm³/mol. The van der Waals surface area contributed by atoms with Crippen molar-refractivity contribution < 1.29 is 33.1 Å². The number of nitrogens with one attached hydrogen (secondary N) is 2. The monoisotopic (exact) mass is 532 g/mol. The van der Waals surface area contributed by atoms with Gasteiger partial charge in [-0.05, 0) is 31.2 Å². The van der Waals surface area contributed by atoms with Crippen LogP contribution in [0.25, 0.3) is 10.9 Å². The summed E-state index contributed by atoms with van der Waals surface area (Å²) in [6.45, 7) is 0.593. The number of carbonyl (C=O) groups excluding carboxylic acids is 3. The molecule has 0 aliphatic carbocycles. The number of benzene rings is 2. The minimum absolute atomic E-state index is 0.0945. The molecule has 3 aromatic rings. The lowest BCUT2D eigenvalue weighted by atomic mass is 10.1. The third-order valence-corrected chi connectivity index (χ3v) is 6.47. The number of Topliss-reactive ketones (excluding diaryl/α,β-unsaturated/α-hetero) is 1. The summed E-state index contributed by atoms with van der Waals surface area (Å²) in [4.78, 5) is 50.3. The minimum Gasteiger partial charge on any atom is -0.465 e. The topological polar surface area (TPSA) is 121 Å². The molecule has 0 radical (unpaired) electrons. The van der Waals surface area contributed by atoms with E-state index in [0.717, 1.165) is 4.90 Å². The summed E-state index contributed by atoms with van der Waals surface area (Å²) >= 11 is 5.77. The smallest absolute Gasteiger partial charge is 0.409 e. The number of fused-ring (bicyclic) bond motifs is 1. The zero-order chi connectivity index (χ0) is 26.9. The van der Waals surface area contributed by atoms with Gasteiger partial charge in [-0.2, -0.15) is 0 Å². The second-order valence-corrected chi connectivity index (χ2v) is 9.12. The Balaban J connectivity index is 1.53. The molecule has 194 valence electrons. The Hall–Kier alpha value is -3.99. The first-order valence-electron chi connectivity index (χ1n) is 11.3. The number of carbonyl (C=O) groups is 4. The lowest BCUT2D eigenvalue weighted by molar-refractivity contribution is -0.139. The highest BCUT2D eigenvalue weighted by atomic mass is 35.5. The maximum Gasteiger partial charge on any atom is 0.409 e. The molecule has 2 unspecified atom stereocenters. The molecule has 9 nitrogen and oxygen atoms in total. The zero-order valence-electron chi connectivity index (χ0n) is 19.6. The lowest BCUT2D eigenvalue weighted by Gasteiger charge is -2.24. The highest BCUT2D eigenvalue weighted by Crippen LogP contribution is 2.27. The van der Waals surface area contributed by atoms with Crippen LogP contribution in [0, 0.1) is 5.82 Å². The van der Waals surface area contributed by atoms with Crippen LogP contribution in [0.15, 0.2) is 42.6 Å². The molecule has 12 heteroatoms. The number of anilines is 1. The zero-order valence-corrected chi connectivity index (χ0v) is 20.4. The van der Waals surface area contributed by atoms with Gasteiger partial charge < -0.3 is 19.9 Å². The van der Waals surface area contributed by atoms with Crippen molar-refractivity contribution in [2.45, 2.75) is 38.6 Å². The van der Waals surface area contributed by atoms with E-state index < -0.39 is 35.9 Å². The Bertz CT molecular complexity index is 1410. The number of ketones is 1. The van der Waals surface area contributed by atoms with E-state index in [9.17, 15) is 28.0 Å². The Kier molecular flexibility index (Phi) is 7.44. The van der Waals surface area contributed by atoms with Crippen molar-refractivity contribution in [2.75, 3.05) is 11.9 Å². The van der Waals surface area contributed by atoms with Crippen LogP contribution in [0.2, 0.25) is 5.02 Å². The molecule has 1 fully saturated rings. The molecule has 1 aliphatic heterocycles. The van der Waals surface area contributed by atoms with Crippen molar-refractivity contribution in [3.8, 4) is 0 Å². The summed E-state index contributed by atoms with van der Waals surface area (Å²) in [5.41, 5.74) is 1.17. The largest absolute Gasteiger partial charge is 0.465 e. The number of carboxylic acid groups (broad SMARTS) is 1. The molecule has 3 N–H and O–H groups in total. The van der Waals surface area contributed by atoms with Gasteiger partial charge in [-0.3, -0.25) is 19.7 Å². The molecule has 2 aromatic carbocycles. The van der Waals surface area contributed by atoms with Gasteiger partial charge in [0.05, 0.1) is 11.6 Å². The molecule has 1 aromatic heterocycles. The van der Waals surface area contributed by atoms with Crippen LogP contribution in [0.3, 0.4) is 0 Å². The fourth-order valence-electron chi connectivity index (χ4n) is 4.44. The first kappa shape index (κ1) is 26.1. The first-order valence-corrected chi connectivity index (χ1v) is 11.7. The Morgan fingerprint density at radius 1 is 1.19 bits per heavy atom. The van der Waals surface area contributed by atoms with E-state index in [1.54, 1.807) is 6.07 Å². The Morgan fingerprint density at radius 2 is 1.95 bits per heavy atom. The molecule has 37 heavy (non-hydrogen) atoms. The molecule has 2 heterocycles. The number of halogens is 3. The minimum atomic E-state index is -1.42. The van der Waals surface area contributed by atoms with E-state index in [0.29, 0.717) is 10.9 Å². The van der Waals surface area contributed by atoms with E-state index in [-0.39, 0.29) is 53.7 Å².